The van der Waals surface area contributed by atoms with Gasteiger partial charge in [0.05, 0.1) is 11.4 Å². The summed E-state index contributed by atoms with van der Waals surface area (Å²) in [4.78, 5) is 8.85. The van der Waals surface area contributed by atoms with Crippen LogP contribution in [0, 0.1) is 13.8 Å². The summed E-state index contributed by atoms with van der Waals surface area (Å²) >= 11 is 0. The third kappa shape index (κ3) is 2.83. The number of aryl methyl sites for hydroxylation is 2. The third-order valence-corrected chi connectivity index (χ3v) is 3.07. The predicted octanol–water partition coefficient (Wildman–Crippen LogP) is 2.03. The molecule has 0 radical (unpaired) electrons. The van der Waals surface area contributed by atoms with Crippen LogP contribution in [-0.2, 0) is 13.1 Å². The molecular formula is C15H17N5. The van der Waals surface area contributed by atoms with Gasteiger partial charge in [-0.25, -0.2) is 9.50 Å². The zero-order chi connectivity index (χ0) is 13.9. The molecule has 3 rings (SSSR count). The quantitative estimate of drug-likeness (QED) is 0.786. The summed E-state index contributed by atoms with van der Waals surface area (Å²) in [5, 5.41) is 7.74. The average Bonchev–Trinajstić information content (AvgIpc) is 2.78. The summed E-state index contributed by atoms with van der Waals surface area (Å²) in [7, 11) is 0. The van der Waals surface area contributed by atoms with Crippen LogP contribution in [0.4, 0.5) is 0 Å². The van der Waals surface area contributed by atoms with Gasteiger partial charge in [-0.2, -0.15) is 5.10 Å². The Hall–Kier alpha value is -2.27. The molecule has 0 aromatic carbocycles. The van der Waals surface area contributed by atoms with Gasteiger partial charge >= 0.3 is 0 Å². The van der Waals surface area contributed by atoms with Gasteiger partial charge in [-0.15, -0.1) is 0 Å². The minimum Gasteiger partial charge on any atom is -0.307 e. The molecule has 0 unspecified atom stereocenters. The minimum absolute atomic E-state index is 0.747. The Morgan fingerprint density at radius 2 is 2.05 bits per heavy atom. The summed E-state index contributed by atoms with van der Waals surface area (Å²) in [6.07, 6.45) is 3.89. The maximum absolute atomic E-state index is 4.46. The normalized spacial score (nSPS) is 11.1. The van der Waals surface area contributed by atoms with Crippen LogP contribution < -0.4 is 5.32 Å². The molecule has 0 aliphatic heterocycles. The molecule has 0 amide bonds. The lowest BCUT2D eigenvalue weighted by atomic mass is 10.3. The number of nitrogens with zero attached hydrogens (tertiary/aromatic N) is 4. The highest BCUT2D eigenvalue weighted by Gasteiger charge is 2.01. The Kier molecular flexibility index (Phi) is 3.43. The predicted molar refractivity (Wildman–Crippen MR) is 77.2 cm³/mol. The van der Waals surface area contributed by atoms with Crippen molar-refractivity contribution in [3.05, 3.63) is 59.3 Å². The summed E-state index contributed by atoms with van der Waals surface area (Å²) in [5.41, 5.74) is 5.06. The van der Waals surface area contributed by atoms with Gasteiger partial charge in [0.25, 0.3) is 0 Å². The van der Waals surface area contributed by atoms with Crippen LogP contribution in [0.2, 0.25) is 0 Å². The van der Waals surface area contributed by atoms with Crippen molar-refractivity contribution in [2.24, 2.45) is 0 Å². The van der Waals surface area contributed by atoms with Crippen molar-refractivity contribution in [3.63, 3.8) is 0 Å². The molecule has 0 fully saturated rings. The van der Waals surface area contributed by atoms with Gasteiger partial charge in [0.15, 0.2) is 5.65 Å². The lowest BCUT2D eigenvalue weighted by Gasteiger charge is -2.05. The van der Waals surface area contributed by atoms with Crippen molar-refractivity contribution >= 4 is 5.65 Å². The van der Waals surface area contributed by atoms with Crippen molar-refractivity contribution in [2.45, 2.75) is 26.9 Å². The summed E-state index contributed by atoms with van der Waals surface area (Å²) in [6, 6.07) is 8.02. The highest BCUT2D eigenvalue weighted by molar-refractivity contribution is 5.38. The number of fused-ring (bicyclic) bond motifs is 1. The first-order valence-electron chi connectivity index (χ1n) is 6.65. The highest BCUT2D eigenvalue weighted by atomic mass is 15.2. The second-order valence-electron chi connectivity index (χ2n) is 4.92. The van der Waals surface area contributed by atoms with Gasteiger partial charge in [-0.1, -0.05) is 6.07 Å². The fourth-order valence-corrected chi connectivity index (χ4v) is 2.16. The molecule has 5 heteroatoms. The monoisotopic (exact) mass is 267 g/mol. The molecule has 5 nitrogen and oxygen atoms in total. The lowest BCUT2D eigenvalue weighted by molar-refractivity contribution is 0.671. The van der Waals surface area contributed by atoms with E-state index in [0.29, 0.717) is 0 Å². The highest BCUT2D eigenvalue weighted by Crippen LogP contribution is 2.05. The van der Waals surface area contributed by atoms with E-state index in [0.717, 1.165) is 41.4 Å². The number of nitrogens with one attached hydrogen (secondary N) is 1. The molecule has 102 valence electrons. The first-order valence-corrected chi connectivity index (χ1v) is 6.65. The number of aromatic nitrogens is 4. The van der Waals surface area contributed by atoms with E-state index >= 15 is 0 Å². The van der Waals surface area contributed by atoms with E-state index in [1.807, 2.05) is 55.0 Å². The van der Waals surface area contributed by atoms with Crippen LogP contribution in [0.3, 0.4) is 0 Å². The van der Waals surface area contributed by atoms with Crippen molar-refractivity contribution in [3.8, 4) is 0 Å². The van der Waals surface area contributed by atoms with Gasteiger partial charge in [-0.3, -0.25) is 4.98 Å². The second kappa shape index (κ2) is 5.38. The summed E-state index contributed by atoms with van der Waals surface area (Å²) < 4.78 is 1.82. The smallest absolute Gasteiger partial charge is 0.155 e. The first kappa shape index (κ1) is 12.7. The van der Waals surface area contributed by atoms with Crippen molar-refractivity contribution in [1.82, 2.24) is 24.9 Å². The third-order valence-electron chi connectivity index (χ3n) is 3.07. The van der Waals surface area contributed by atoms with Gasteiger partial charge in [-0.05, 0) is 26.0 Å². The van der Waals surface area contributed by atoms with Crippen LogP contribution in [0.5, 0.6) is 0 Å². The van der Waals surface area contributed by atoms with Gasteiger partial charge < -0.3 is 5.32 Å². The Labute approximate surface area is 117 Å². The molecule has 0 aliphatic carbocycles. The minimum atomic E-state index is 0.747. The Bertz CT molecular complexity index is 732. The lowest BCUT2D eigenvalue weighted by Crippen LogP contribution is -2.14. The molecule has 0 bridgehead atoms. The number of hydrogen-bond donors (Lipinski definition) is 1. The topological polar surface area (TPSA) is 55.1 Å². The molecular weight excluding hydrogens is 250 g/mol. The van der Waals surface area contributed by atoms with Crippen LogP contribution in [-0.4, -0.2) is 19.6 Å². The zero-order valence-electron chi connectivity index (χ0n) is 11.7. The molecule has 0 saturated heterocycles. The maximum Gasteiger partial charge on any atom is 0.155 e. The molecule has 0 spiro atoms. The largest absolute Gasteiger partial charge is 0.307 e. The molecule has 0 saturated carbocycles. The Balaban J connectivity index is 1.64. The molecule has 0 atom stereocenters. The van der Waals surface area contributed by atoms with Crippen LogP contribution in [0.25, 0.3) is 5.65 Å². The molecule has 1 N–H and O–H groups in total. The fourth-order valence-electron chi connectivity index (χ4n) is 2.16. The second-order valence-corrected chi connectivity index (χ2v) is 4.92. The number of rotatable bonds is 4. The average molecular weight is 267 g/mol. The van der Waals surface area contributed by atoms with Crippen LogP contribution in [0.15, 0.2) is 36.7 Å². The SMILES string of the molecule is Cc1cccc(CNCc2cnc3cc(C)nn3c2)n1. The van der Waals surface area contributed by atoms with Crippen molar-refractivity contribution in [2.75, 3.05) is 0 Å². The summed E-state index contributed by atoms with van der Waals surface area (Å²) in [6.45, 7) is 5.47. The number of hydrogen-bond acceptors (Lipinski definition) is 4. The first-order chi connectivity index (χ1) is 9.70. The fraction of sp³-hybridized carbons (Fsp3) is 0.267. The molecule has 3 heterocycles. The van der Waals surface area contributed by atoms with Gasteiger partial charge in [0.1, 0.15) is 0 Å². The molecule has 3 aromatic rings. The van der Waals surface area contributed by atoms with E-state index in [1.165, 1.54) is 0 Å². The van der Waals surface area contributed by atoms with Crippen LogP contribution >= 0.6 is 0 Å². The van der Waals surface area contributed by atoms with E-state index < -0.39 is 0 Å². The van der Waals surface area contributed by atoms with Crippen LogP contribution in [0.1, 0.15) is 22.6 Å². The Morgan fingerprint density at radius 1 is 1.15 bits per heavy atom. The van der Waals surface area contributed by atoms with E-state index in [4.69, 9.17) is 0 Å². The molecule has 20 heavy (non-hydrogen) atoms. The Morgan fingerprint density at radius 3 is 2.90 bits per heavy atom. The standard InChI is InChI=1S/C15H17N5/c1-11-4-3-5-14(18-11)9-16-7-13-8-17-15-6-12(2)19-20(15)10-13/h3-6,8,10,16H,7,9H2,1-2H3. The van der Waals surface area contributed by atoms with Gasteiger partial charge in [0, 0.05) is 42.8 Å². The van der Waals surface area contributed by atoms with Crippen molar-refractivity contribution < 1.29 is 0 Å². The van der Waals surface area contributed by atoms with E-state index in [-0.39, 0.29) is 0 Å². The number of pyridine rings is 1. The maximum atomic E-state index is 4.46. The van der Waals surface area contributed by atoms with E-state index in [9.17, 15) is 0 Å². The van der Waals surface area contributed by atoms with Crippen molar-refractivity contribution in [1.29, 1.82) is 0 Å². The van der Waals surface area contributed by atoms with Gasteiger partial charge in [0.2, 0.25) is 0 Å². The zero-order valence-corrected chi connectivity index (χ0v) is 11.7. The molecule has 0 aliphatic rings. The summed E-state index contributed by atoms with van der Waals surface area (Å²) in [5.74, 6) is 0. The van der Waals surface area contributed by atoms with E-state index in [1.54, 1.807) is 0 Å². The molecule has 3 aromatic heterocycles. The van der Waals surface area contributed by atoms with E-state index in [2.05, 4.69) is 20.4 Å².